The Hall–Kier alpha value is -2.50. The van der Waals surface area contributed by atoms with E-state index in [4.69, 9.17) is 26.8 Å². The van der Waals surface area contributed by atoms with E-state index in [0.717, 1.165) is 54.6 Å². The molecule has 150 valence electrons. The molecule has 0 radical (unpaired) electrons. The van der Waals surface area contributed by atoms with Crippen molar-refractivity contribution in [3.63, 3.8) is 0 Å². The number of benzene rings is 2. The van der Waals surface area contributed by atoms with Crippen molar-refractivity contribution < 1.29 is 9.47 Å². The van der Waals surface area contributed by atoms with Crippen LogP contribution in [-0.2, 0) is 6.54 Å². The highest BCUT2D eigenvalue weighted by molar-refractivity contribution is 6.31. The number of hydrogen-bond donors (Lipinski definition) is 1. The summed E-state index contributed by atoms with van der Waals surface area (Å²) in [6, 6.07) is 15.0. The lowest BCUT2D eigenvalue weighted by Gasteiger charge is -2.38. The number of aromatic nitrogens is 1. The molecule has 29 heavy (non-hydrogen) atoms. The minimum atomic E-state index is 0.290. The van der Waals surface area contributed by atoms with Gasteiger partial charge < -0.3 is 20.1 Å². The molecule has 2 N–H and O–H groups in total. The van der Waals surface area contributed by atoms with Crippen LogP contribution >= 0.6 is 11.6 Å². The van der Waals surface area contributed by atoms with Crippen LogP contribution in [-0.4, -0.2) is 23.9 Å². The van der Waals surface area contributed by atoms with Gasteiger partial charge in [0.05, 0.1) is 5.52 Å². The summed E-state index contributed by atoms with van der Waals surface area (Å²) in [5.41, 5.74) is 9.48. The van der Waals surface area contributed by atoms with Gasteiger partial charge in [0.15, 0.2) is 11.5 Å². The lowest BCUT2D eigenvalue weighted by atomic mass is 9.90. The van der Waals surface area contributed by atoms with Crippen LogP contribution in [0.2, 0.25) is 5.02 Å². The number of halogens is 1. The van der Waals surface area contributed by atoms with Crippen molar-refractivity contribution in [2.45, 2.75) is 44.3 Å². The SMILES string of the molecule is NC1CCC(N(Cc2ccc3c(c2)OCO3)c2ccnc3cc(Cl)ccc23)CC1. The predicted octanol–water partition coefficient (Wildman–Crippen LogP) is 4.89. The second-order valence-electron chi connectivity index (χ2n) is 7.88. The molecule has 3 aromatic rings. The molecule has 0 amide bonds. The Morgan fingerprint density at radius 2 is 1.83 bits per heavy atom. The predicted molar refractivity (Wildman–Crippen MR) is 116 cm³/mol. The fourth-order valence-electron chi connectivity index (χ4n) is 4.42. The molecule has 1 saturated carbocycles. The van der Waals surface area contributed by atoms with E-state index in [-0.39, 0.29) is 0 Å². The lowest BCUT2D eigenvalue weighted by Crippen LogP contribution is -2.40. The van der Waals surface area contributed by atoms with E-state index in [9.17, 15) is 0 Å². The van der Waals surface area contributed by atoms with Gasteiger partial charge in [-0.2, -0.15) is 0 Å². The molecule has 1 fully saturated rings. The largest absolute Gasteiger partial charge is 0.454 e. The smallest absolute Gasteiger partial charge is 0.231 e. The Morgan fingerprint density at radius 1 is 1.00 bits per heavy atom. The average molecular weight is 410 g/mol. The van der Waals surface area contributed by atoms with E-state index >= 15 is 0 Å². The van der Waals surface area contributed by atoms with E-state index in [0.29, 0.717) is 23.9 Å². The highest BCUT2D eigenvalue weighted by Crippen LogP contribution is 2.36. The number of nitrogens with zero attached hydrogens (tertiary/aromatic N) is 2. The summed E-state index contributed by atoms with van der Waals surface area (Å²) in [7, 11) is 0. The molecule has 0 unspecified atom stereocenters. The van der Waals surface area contributed by atoms with E-state index in [2.05, 4.69) is 34.1 Å². The van der Waals surface area contributed by atoms with E-state index in [1.165, 1.54) is 11.3 Å². The third-order valence-electron chi connectivity index (χ3n) is 5.96. The number of nitrogens with two attached hydrogens (primary N) is 1. The molecule has 0 atom stereocenters. The summed E-state index contributed by atoms with van der Waals surface area (Å²) in [6.07, 6.45) is 6.15. The van der Waals surface area contributed by atoms with Crippen LogP contribution in [0.3, 0.4) is 0 Å². The first-order valence-corrected chi connectivity index (χ1v) is 10.5. The van der Waals surface area contributed by atoms with Gasteiger partial charge in [-0.25, -0.2) is 0 Å². The summed E-state index contributed by atoms with van der Waals surface area (Å²) in [5, 5.41) is 1.82. The molecule has 2 heterocycles. The number of rotatable bonds is 4. The summed E-state index contributed by atoms with van der Waals surface area (Å²) in [4.78, 5) is 7.03. The standard InChI is InChI=1S/C23H24ClN3O2/c24-16-2-7-19-20(12-16)26-10-9-21(19)27(18-5-3-17(25)4-6-18)13-15-1-8-22-23(11-15)29-14-28-22/h1-2,7-12,17-18H,3-6,13-14,25H2. The van der Waals surface area contributed by atoms with Gasteiger partial charge in [0.1, 0.15) is 0 Å². The van der Waals surface area contributed by atoms with E-state index in [1.807, 2.05) is 24.4 Å². The van der Waals surface area contributed by atoms with Crippen molar-refractivity contribution in [3.05, 3.63) is 59.2 Å². The molecule has 1 aliphatic carbocycles. The number of hydrogen-bond acceptors (Lipinski definition) is 5. The summed E-state index contributed by atoms with van der Waals surface area (Å²) >= 11 is 6.21. The number of pyridine rings is 1. The molecule has 6 heteroatoms. The quantitative estimate of drug-likeness (QED) is 0.664. The maximum atomic E-state index is 6.21. The Morgan fingerprint density at radius 3 is 2.69 bits per heavy atom. The average Bonchev–Trinajstić information content (AvgIpc) is 3.20. The Balaban J connectivity index is 1.54. The monoisotopic (exact) mass is 409 g/mol. The van der Waals surface area contributed by atoms with Crippen molar-refractivity contribution in [1.82, 2.24) is 4.98 Å². The zero-order chi connectivity index (χ0) is 19.8. The first kappa shape index (κ1) is 18.5. The molecule has 5 nitrogen and oxygen atoms in total. The van der Waals surface area contributed by atoms with Crippen LogP contribution in [0.25, 0.3) is 10.9 Å². The minimum Gasteiger partial charge on any atom is -0.454 e. The Kier molecular flexibility index (Phi) is 4.94. The van der Waals surface area contributed by atoms with Gasteiger partial charge in [0, 0.05) is 40.9 Å². The minimum absolute atomic E-state index is 0.290. The van der Waals surface area contributed by atoms with Gasteiger partial charge in [0.25, 0.3) is 0 Å². The number of ether oxygens (including phenoxy) is 2. The van der Waals surface area contributed by atoms with Gasteiger partial charge in [-0.15, -0.1) is 0 Å². The van der Waals surface area contributed by atoms with Gasteiger partial charge >= 0.3 is 0 Å². The van der Waals surface area contributed by atoms with Crippen LogP contribution in [0, 0.1) is 0 Å². The van der Waals surface area contributed by atoms with Gasteiger partial charge in [-0.05, 0) is 67.6 Å². The van der Waals surface area contributed by atoms with Crippen LogP contribution in [0.4, 0.5) is 5.69 Å². The first-order chi connectivity index (χ1) is 14.2. The molecule has 5 rings (SSSR count). The first-order valence-electron chi connectivity index (χ1n) is 10.1. The second-order valence-corrected chi connectivity index (χ2v) is 8.31. The molecule has 1 aliphatic heterocycles. The normalized spacial score (nSPS) is 20.8. The highest BCUT2D eigenvalue weighted by atomic mass is 35.5. The molecule has 2 aliphatic rings. The van der Waals surface area contributed by atoms with Gasteiger partial charge in [-0.3, -0.25) is 4.98 Å². The lowest BCUT2D eigenvalue weighted by molar-refractivity contribution is 0.174. The summed E-state index contributed by atoms with van der Waals surface area (Å²) in [5.74, 6) is 1.63. The zero-order valence-electron chi connectivity index (χ0n) is 16.2. The van der Waals surface area contributed by atoms with Crippen molar-refractivity contribution in [2.24, 2.45) is 5.73 Å². The van der Waals surface area contributed by atoms with Crippen LogP contribution in [0.1, 0.15) is 31.2 Å². The zero-order valence-corrected chi connectivity index (χ0v) is 16.9. The molecular weight excluding hydrogens is 386 g/mol. The van der Waals surface area contributed by atoms with Gasteiger partial charge in [0.2, 0.25) is 6.79 Å². The Labute approximate surface area is 175 Å². The van der Waals surface area contributed by atoms with Crippen LogP contribution < -0.4 is 20.1 Å². The molecule has 2 aromatic carbocycles. The molecular formula is C23H24ClN3O2. The second kappa shape index (κ2) is 7.73. The van der Waals surface area contributed by atoms with E-state index in [1.54, 1.807) is 0 Å². The maximum Gasteiger partial charge on any atom is 0.231 e. The third kappa shape index (κ3) is 3.72. The topological polar surface area (TPSA) is 60.6 Å². The third-order valence-corrected chi connectivity index (χ3v) is 6.20. The fraction of sp³-hybridized carbons (Fsp3) is 0.348. The molecule has 0 saturated heterocycles. The van der Waals surface area contributed by atoms with Crippen molar-refractivity contribution in [2.75, 3.05) is 11.7 Å². The highest BCUT2D eigenvalue weighted by Gasteiger charge is 2.26. The number of fused-ring (bicyclic) bond motifs is 2. The van der Waals surface area contributed by atoms with Crippen molar-refractivity contribution >= 4 is 28.2 Å². The molecule has 1 aromatic heterocycles. The molecule has 0 spiro atoms. The van der Waals surface area contributed by atoms with Crippen LogP contribution in [0.15, 0.2) is 48.7 Å². The van der Waals surface area contributed by atoms with Gasteiger partial charge in [-0.1, -0.05) is 17.7 Å². The molecule has 0 bridgehead atoms. The fourth-order valence-corrected chi connectivity index (χ4v) is 4.58. The Bertz CT molecular complexity index is 1030. The summed E-state index contributed by atoms with van der Waals surface area (Å²) in [6.45, 7) is 1.08. The van der Waals surface area contributed by atoms with E-state index < -0.39 is 0 Å². The van der Waals surface area contributed by atoms with Crippen molar-refractivity contribution in [1.29, 1.82) is 0 Å². The number of anilines is 1. The van der Waals surface area contributed by atoms with Crippen molar-refractivity contribution in [3.8, 4) is 11.5 Å². The van der Waals surface area contributed by atoms with Crippen LogP contribution in [0.5, 0.6) is 11.5 Å². The summed E-state index contributed by atoms with van der Waals surface area (Å²) < 4.78 is 11.1. The maximum absolute atomic E-state index is 6.21.